The summed E-state index contributed by atoms with van der Waals surface area (Å²) in [5.74, 6) is 2.02. The Hall–Kier alpha value is -3.60. The highest BCUT2D eigenvalue weighted by Gasteiger charge is 2.36. The van der Waals surface area contributed by atoms with Gasteiger partial charge in [0, 0.05) is 57.8 Å². The number of nitrogens with one attached hydrogen (secondary N) is 1. The van der Waals surface area contributed by atoms with Crippen LogP contribution in [0.5, 0.6) is 0 Å². The standard InChI is InChI=1S/C28H34F3N7O/c1-20-8-10-21(11-9-20)33-24-18-25(38-13-4-3-6-22(38)19-39-2)35-27(34-24)37-16-14-36(15-17-37)26-23(28(29,30)31)7-5-12-32-26/h5,7-12,18,22H,3-4,6,13-17,19H2,1-2H3,(H,33,34,35). The monoisotopic (exact) mass is 541 g/mol. The van der Waals surface area contributed by atoms with Crippen molar-refractivity contribution in [2.24, 2.45) is 0 Å². The summed E-state index contributed by atoms with van der Waals surface area (Å²) in [5.41, 5.74) is 1.37. The number of aryl methyl sites for hydroxylation is 1. The molecule has 5 rings (SSSR count). The molecule has 11 heteroatoms. The second-order valence-corrected chi connectivity index (χ2v) is 10.0. The van der Waals surface area contributed by atoms with Crippen LogP contribution < -0.4 is 20.0 Å². The lowest BCUT2D eigenvalue weighted by molar-refractivity contribution is -0.137. The van der Waals surface area contributed by atoms with Crippen molar-refractivity contribution in [1.82, 2.24) is 15.0 Å². The van der Waals surface area contributed by atoms with Gasteiger partial charge in [-0.1, -0.05) is 17.7 Å². The van der Waals surface area contributed by atoms with E-state index in [-0.39, 0.29) is 11.9 Å². The summed E-state index contributed by atoms with van der Waals surface area (Å²) >= 11 is 0. The molecule has 1 N–H and O–H groups in total. The number of hydrogen-bond acceptors (Lipinski definition) is 8. The van der Waals surface area contributed by atoms with Crippen LogP contribution in [0.25, 0.3) is 0 Å². The molecule has 1 unspecified atom stereocenters. The average molecular weight is 542 g/mol. The van der Waals surface area contributed by atoms with Crippen LogP contribution in [-0.4, -0.2) is 67.4 Å². The van der Waals surface area contributed by atoms with E-state index in [0.717, 1.165) is 43.4 Å². The molecule has 2 aliphatic rings. The summed E-state index contributed by atoms with van der Waals surface area (Å²) in [5, 5.41) is 3.41. The highest BCUT2D eigenvalue weighted by Crippen LogP contribution is 2.36. The van der Waals surface area contributed by atoms with Gasteiger partial charge in [0.2, 0.25) is 5.95 Å². The number of ether oxygens (including phenoxy) is 1. The average Bonchev–Trinajstić information content (AvgIpc) is 2.94. The maximum absolute atomic E-state index is 13.6. The predicted octanol–water partition coefficient (Wildman–Crippen LogP) is 5.27. The molecule has 0 aliphatic carbocycles. The molecule has 8 nitrogen and oxygen atoms in total. The van der Waals surface area contributed by atoms with Gasteiger partial charge >= 0.3 is 6.18 Å². The minimum atomic E-state index is -4.46. The second-order valence-electron chi connectivity index (χ2n) is 10.0. The van der Waals surface area contributed by atoms with E-state index in [1.165, 1.54) is 17.8 Å². The van der Waals surface area contributed by atoms with Gasteiger partial charge in [0.1, 0.15) is 17.5 Å². The van der Waals surface area contributed by atoms with Crippen LogP contribution >= 0.6 is 0 Å². The molecule has 4 heterocycles. The van der Waals surface area contributed by atoms with Crippen molar-refractivity contribution in [1.29, 1.82) is 0 Å². The Kier molecular flexibility index (Phi) is 8.06. The van der Waals surface area contributed by atoms with Crippen molar-refractivity contribution in [3.05, 3.63) is 59.8 Å². The lowest BCUT2D eigenvalue weighted by atomic mass is 10.0. The number of piperazine rings is 1. The summed E-state index contributed by atoms with van der Waals surface area (Å²) in [6, 6.07) is 12.7. The fourth-order valence-corrected chi connectivity index (χ4v) is 5.22. The molecule has 3 aromatic rings. The van der Waals surface area contributed by atoms with E-state index in [4.69, 9.17) is 14.7 Å². The van der Waals surface area contributed by atoms with Crippen LogP contribution in [0.15, 0.2) is 48.7 Å². The van der Waals surface area contributed by atoms with Crippen LogP contribution in [0, 0.1) is 6.92 Å². The molecule has 0 amide bonds. The van der Waals surface area contributed by atoms with Crippen molar-refractivity contribution in [3.8, 4) is 0 Å². The molecule has 208 valence electrons. The lowest BCUT2D eigenvalue weighted by Gasteiger charge is -2.38. The summed E-state index contributed by atoms with van der Waals surface area (Å²) in [6.45, 7) is 5.24. The topological polar surface area (TPSA) is 69.7 Å². The molecule has 39 heavy (non-hydrogen) atoms. The molecule has 1 atom stereocenters. The van der Waals surface area contributed by atoms with Crippen LogP contribution in [0.4, 0.5) is 42.3 Å². The summed E-state index contributed by atoms with van der Waals surface area (Å²) < 4.78 is 46.2. The third-order valence-corrected chi connectivity index (χ3v) is 7.26. The molecule has 0 radical (unpaired) electrons. The minimum absolute atomic E-state index is 0.0308. The second kappa shape index (κ2) is 11.6. The van der Waals surface area contributed by atoms with Gasteiger partial charge in [-0.05, 0) is 50.5 Å². The first-order chi connectivity index (χ1) is 18.8. The van der Waals surface area contributed by atoms with E-state index in [9.17, 15) is 13.2 Å². The number of hydrogen-bond donors (Lipinski definition) is 1. The lowest BCUT2D eigenvalue weighted by Crippen LogP contribution is -2.48. The number of pyridine rings is 1. The number of rotatable bonds is 7. The zero-order valence-corrected chi connectivity index (χ0v) is 22.3. The minimum Gasteiger partial charge on any atom is -0.383 e. The highest BCUT2D eigenvalue weighted by molar-refractivity contribution is 5.63. The van der Waals surface area contributed by atoms with Gasteiger partial charge < -0.3 is 24.8 Å². The van der Waals surface area contributed by atoms with Crippen molar-refractivity contribution >= 4 is 29.1 Å². The van der Waals surface area contributed by atoms with Gasteiger partial charge in [0.15, 0.2) is 0 Å². The Morgan fingerprint density at radius 3 is 2.44 bits per heavy atom. The molecule has 2 saturated heterocycles. The van der Waals surface area contributed by atoms with Gasteiger partial charge in [-0.2, -0.15) is 23.1 Å². The fraction of sp³-hybridized carbons (Fsp3) is 0.464. The Morgan fingerprint density at radius 1 is 0.974 bits per heavy atom. The summed E-state index contributed by atoms with van der Waals surface area (Å²) in [7, 11) is 1.72. The molecule has 2 aliphatic heterocycles. The van der Waals surface area contributed by atoms with Crippen LogP contribution in [0.1, 0.15) is 30.4 Å². The molecule has 0 bridgehead atoms. The molecule has 2 fully saturated rings. The van der Waals surface area contributed by atoms with Crippen molar-refractivity contribution < 1.29 is 17.9 Å². The smallest absolute Gasteiger partial charge is 0.383 e. The Balaban J connectivity index is 1.41. The van der Waals surface area contributed by atoms with Crippen LogP contribution in [-0.2, 0) is 10.9 Å². The number of nitrogens with zero attached hydrogens (tertiary/aromatic N) is 6. The van der Waals surface area contributed by atoms with Gasteiger partial charge in [0.25, 0.3) is 0 Å². The third-order valence-electron chi connectivity index (χ3n) is 7.26. The van der Waals surface area contributed by atoms with E-state index in [2.05, 4.69) is 15.2 Å². The number of piperidine rings is 1. The quantitative estimate of drug-likeness (QED) is 0.434. The van der Waals surface area contributed by atoms with E-state index >= 15 is 0 Å². The number of methoxy groups -OCH3 is 1. The van der Waals surface area contributed by atoms with E-state index in [1.807, 2.05) is 42.2 Å². The van der Waals surface area contributed by atoms with Crippen LogP contribution in [0.3, 0.4) is 0 Å². The summed E-state index contributed by atoms with van der Waals surface area (Å²) in [6.07, 6.45) is 0.193. The number of halogens is 3. The predicted molar refractivity (Wildman–Crippen MR) is 147 cm³/mol. The van der Waals surface area contributed by atoms with Crippen molar-refractivity contribution in [2.45, 2.75) is 38.4 Å². The molecule has 0 spiro atoms. The van der Waals surface area contributed by atoms with Gasteiger partial charge in [0.05, 0.1) is 18.2 Å². The van der Waals surface area contributed by atoms with E-state index < -0.39 is 11.7 Å². The first-order valence-corrected chi connectivity index (χ1v) is 13.3. The molecular weight excluding hydrogens is 507 g/mol. The SMILES string of the molecule is COCC1CCCCN1c1cc(Nc2ccc(C)cc2)nc(N2CCN(c3ncccc3C(F)(F)F)CC2)n1. The van der Waals surface area contributed by atoms with Gasteiger partial charge in [-0.15, -0.1) is 0 Å². The third kappa shape index (κ3) is 6.35. The Bertz CT molecular complexity index is 1240. The highest BCUT2D eigenvalue weighted by atomic mass is 19.4. The first-order valence-electron chi connectivity index (χ1n) is 13.3. The number of benzene rings is 1. The Labute approximate surface area is 226 Å². The zero-order chi connectivity index (χ0) is 27.4. The first kappa shape index (κ1) is 27.0. The van der Waals surface area contributed by atoms with Crippen molar-refractivity contribution in [3.63, 3.8) is 0 Å². The number of alkyl halides is 3. The largest absolute Gasteiger partial charge is 0.419 e. The van der Waals surface area contributed by atoms with Crippen molar-refractivity contribution in [2.75, 3.05) is 66.5 Å². The molecule has 2 aromatic heterocycles. The maximum atomic E-state index is 13.6. The Morgan fingerprint density at radius 2 is 1.72 bits per heavy atom. The number of aromatic nitrogens is 3. The molecule has 1 aromatic carbocycles. The molecule has 0 saturated carbocycles. The summed E-state index contributed by atoms with van der Waals surface area (Å²) in [4.78, 5) is 19.9. The van der Waals surface area contributed by atoms with Crippen LogP contribution in [0.2, 0.25) is 0 Å². The fourth-order valence-electron chi connectivity index (χ4n) is 5.22. The zero-order valence-electron chi connectivity index (χ0n) is 22.3. The number of anilines is 5. The van der Waals surface area contributed by atoms with Gasteiger partial charge in [-0.3, -0.25) is 0 Å². The van der Waals surface area contributed by atoms with Gasteiger partial charge in [-0.25, -0.2) is 4.98 Å². The normalized spacial score (nSPS) is 18.4. The van der Waals surface area contributed by atoms with E-state index in [0.29, 0.717) is 44.6 Å². The van der Waals surface area contributed by atoms with E-state index in [1.54, 1.807) is 12.0 Å². The maximum Gasteiger partial charge on any atom is 0.419 e. The molecular formula is C28H34F3N7O.